The van der Waals surface area contributed by atoms with Gasteiger partial charge >= 0.3 is 5.97 Å². The van der Waals surface area contributed by atoms with Gasteiger partial charge in [0.1, 0.15) is 5.52 Å². The third-order valence-electron chi connectivity index (χ3n) is 5.98. The van der Waals surface area contributed by atoms with Crippen molar-refractivity contribution in [1.29, 1.82) is 0 Å². The van der Waals surface area contributed by atoms with E-state index in [0.717, 1.165) is 27.4 Å². The fourth-order valence-electron chi connectivity index (χ4n) is 4.26. The van der Waals surface area contributed by atoms with Gasteiger partial charge in [-0.3, -0.25) is 14.2 Å². The Bertz CT molecular complexity index is 1590. The molecule has 0 fully saturated rings. The molecule has 1 atom stereocenters. The van der Waals surface area contributed by atoms with Crippen molar-refractivity contribution in [2.75, 3.05) is 0 Å². The topological polar surface area (TPSA) is 102 Å². The third-order valence-corrected chi connectivity index (χ3v) is 6.21. The minimum Gasteiger partial charge on any atom is -0.478 e. The molecule has 0 aliphatic rings. The number of rotatable bonds is 6. The van der Waals surface area contributed by atoms with E-state index in [-0.39, 0.29) is 17.5 Å². The van der Waals surface area contributed by atoms with Gasteiger partial charge in [-0.2, -0.15) is 10.2 Å². The molecule has 0 aliphatic carbocycles. The van der Waals surface area contributed by atoms with Crippen LogP contribution in [0.2, 0.25) is 5.02 Å². The number of hydrogen-bond acceptors (Lipinski definition) is 4. The molecule has 2 N–H and O–H groups in total. The molecule has 0 radical (unpaired) electrons. The van der Waals surface area contributed by atoms with Gasteiger partial charge in [-0.15, -0.1) is 0 Å². The number of carbonyl (C=O) groups excluding carboxylic acids is 1. The van der Waals surface area contributed by atoms with Gasteiger partial charge in [-0.05, 0) is 48.4 Å². The number of hydrogen-bond donors (Lipinski definition) is 2. The van der Waals surface area contributed by atoms with Crippen LogP contribution < -0.4 is 5.32 Å². The van der Waals surface area contributed by atoms with E-state index in [9.17, 15) is 9.59 Å². The lowest BCUT2D eigenvalue weighted by Crippen LogP contribution is -2.27. The largest absolute Gasteiger partial charge is 0.478 e. The van der Waals surface area contributed by atoms with E-state index in [2.05, 4.69) is 15.5 Å². The minimum absolute atomic E-state index is 0.195. The Kier molecular flexibility index (Phi) is 5.74. The predicted octanol–water partition coefficient (Wildman–Crippen LogP) is 4.81. The smallest absolute Gasteiger partial charge is 0.335 e. The van der Waals surface area contributed by atoms with Crippen LogP contribution >= 0.6 is 11.6 Å². The van der Waals surface area contributed by atoms with E-state index >= 15 is 0 Å². The number of aromatic carboxylic acids is 1. The summed E-state index contributed by atoms with van der Waals surface area (Å²) < 4.78 is 3.50. The van der Waals surface area contributed by atoms with Crippen molar-refractivity contribution < 1.29 is 14.7 Å². The van der Waals surface area contributed by atoms with Crippen molar-refractivity contribution in [2.24, 2.45) is 7.05 Å². The van der Waals surface area contributed by atoms with Crippen LogP contribution in [0.15, 0.2) is 67.0 Å². The Balaban J connectivity index is 1.54. The summed E-state index contributed by atoms with van der Waals surface area (Å²) in [6, 6.07) is 15.5. The number of aromatic nitrogens is 4. The quantitative estimate of drug-likeness (QED) is 0.357. The molecule has 5 aromatic rings. The Morgan fingerprint density at radius 1 is 1.14 bits per heavy atom. The number of nitrogens with zero attached hydrogens (tertiary/aromatic N) is 4. The van der Waals surface area contributed by atoms with Crippen LogP contribution in [-0.2, 0) is 13.6 Å². The number of halogens is 1. The SMILES string of the molecule is C[C@H](NC(=O)c1cc2cn(C)nc2c2cnn(Cc3cccc(Cl)c3)c12)c1ccc(C(=O)O)cc1. The van der Waals surface area contributed by atoms with Gasteiger partial charge in [-0.1, -0.05) is 35.9 Å². The van der Waals surface area contributed by atoms with Crippen molar-refractivity contribution in [2.45, 2.75) is 19.5 Å². The summed E-state index contributed by atoms with van der Waals surface area (Å²) >= 11 is 6.17. The van der Waals surface area contributed by atoms with Gasteiger partial charge in [-0.25, -0.2) is 4.79 Å². The van der Waals surface area contributed by atoms with Gasteiger partial charge in [0.15, 0.2) is 0 Å². The number of carboxylic acids is 1. The Labute approximate surface area is 205 Å². The lowest BCUT2D eigenvalue weighted by molar-refractivity contribution is 0.0696. The van der Waals surface area contributed by atoms with Crippen molar-refractivity contribution in [3.8, 4) is 0 Å². The highest BCUT2D eigenvalue weighted by atomic mass is 35.5. The molecule has 0 aliphatic heterocycles. The number of aryl methyl sites for hydroxylation is 1. The van der Waals surface area contributed by atoms with Gasteiger partial charge in [0.05, 0.1) is 35.4 Å². The zero-order valence-corrected chi connectivity index (χ0v) is 19.8. The molecule has 8 nitrogen and oxygen atoms in total. The fourth-order valence-corrected chi connectivity index (χ4v) is 4.47. The van der Waals surface area contributed by atoms with E-state index in [4.69, 9.17) is 16.7 Å². The zero-order chi connectivity index (χ0) is 24.7. The van der Waals surface area contributed by atoms with Crippen LogP contribution in [0.5, 0.6) is 0 Å². The second-order valence-corrected chi connectivity index (χ2v) is 8.92. The summed E-state index contributed by atoms with van der Waals surface area (Å²) in [4.78, 5) is 24.7. The molecule has 0 spiro atoms. The maximum Gasteiger partial charge on any atom is 0.335 e. The normalized spacial score (nSPS) is 12.2. The van der Waals surface area contributed by atoms with Crippen LogP contribution in [0.3, 0.4) is 0 Å². The number of carbonyl (C=O) groups is 2. The standard InChI is InChI=1S/C26H22ClN5O3/c1-15(17-6-8-18(9-7-17)26(34)35)29-25(33)21-11-19-14-31(2)30-23(19)22-12-28-32(24(21)22)13-16-4-3-5-20(27)10-16/h3-12,14-15H,13H2,1-2H3,(H,29,33)(H,34,35)/t15-/m0/s1. The number of nitrogens with one attached hydrogen (secondary N) is 1. The molecule has 5 rings (SSSR count). The van der Waals surface area contributed by atoms with E-state index < -0.39 is 5.97 Å². The molecule has 0 saturated heterocycles. The second kappa shape index (κ2) is 8.88. The third kappa shape index (κ3) is 4.36. The van der Waals surface area contributed by atoms with E-state index in [0.29, 0.717) is 22.6 Å². The summed E-state index contributed by atoms with van der Waals surface area (Å²) in [7, 11) is 1.84. The molecule has 2 aromatic heterocycles. The number of carboxylic acid groups (broad SMARTS) is 1. The second-order valence-electron chi connectivity index (χ2n) is 8.48. The Morgan fingerprint density at radius 3 is 2.63 bits per heavy atom. The number of amides is 1. The van der Waals surface area contributed by atoms with Crippen molar-refractivity contribution in [1.82, 2.24) is 24.9 Å². The number of fused-ring (bicyclic) bond motifs is 3. The van der Waals surface area contributed by atoms with E-state index in [1.54, 1.807) is 27.7 Å². The summed E-state index contributed by atoms with van der Waals surface area (Å²) in [5.74, 6) is -1.25. The summed E-state index contributed by atoms with van der Waals surface area (Å²) in [5.41, 5.74) is 3.89. The number of benzene rings is 3. The molecule has 0 saturated carbocycles. The molecule has 0 bridgehead atoms. The first kappa shape index (κ1) is 22.6. The van der Waals surface area contributed by atoms with Crippen LogP contribution in [0.4, 0.5) is 0 Å². The van der Waals surface area contributed by atoms with Crippen LogP contribution in [-0.4, -0.2) is 36.5 Å². The maximum absolute atomic E-state index is 13.5. The molecule has 2 heterocycles. The van der Waals surface area contributed by atoms with E-state index in [1.807, 2.05) is 50.5 Å². The highest BCUT2D eigenvalue weighted by Crippen LogP contribution is 2.29. The van der Waals surface area contributed by atoms with Crippen LogP contribution in [0.25, 0.3) is 21.8 Å². The predicted molar refractivity (Wildman–Crippen MR) is 134 cm³/mol. The van der Waals surface area contributed by atoms with Crippen LogP contribution in [0.1, 0.15) is 44.8 Å². The molecular weight excluding hydrogens is 466 g/mol. The molecule has 3 aromatic carbocycles. The molecule has 1 amide bonds. The van der Waals surface area contributed by atoms with Crippen LogP contribution in [0, 0.1) is 0 Å². The zero-order valence-electron chi connectivity index (χ0n) is 19.1. The molecule has 35 heavy (non-hydrogen) atoms. The van der Waals surface area contributed by atoms with Crippen molar-refractivity contribution in [3.63, 3.8) is 0 Å². The van der Waals surface area contributed by atoms with Gasteiger partial charge in [0, 0.05) is 29.0 Å². The molecule has 0 unspecified atom stereocenters. The highest BCUT2D eigenvalue weighted by Gasteiger charge is 2.21. The first-order valence-electron chi connectivity index (χ1n) is 11.0. The highest BCUT2D eigenvalue weighted by molar-refractivity contribution is 6.30. The minimum atomic E-state index is -0.992. The van der Waals surface area contributed by atoms with Crippen molar-refractivity contribution >= 4 is 45.3 Å². The summed E-state index contributed by atoms with van der Waals surface area (Å²) in [5, 5.41) is 23.6. The molecular formula is C26H22ClN5O3. The summed E-state index contributed by atoms with van der Waals surface area (Å²) in [6.45, 7) is 2.30. The first-order chi connectivity index (χ1) is 16.8. The summed E-state index contributed by atoms with van der Waals surface area (Å²) in [6.07, 6.45) is 3.61. The van der Waals surface area contributed by atoms with Gasteiger partial charge in [0.2, 0.25) is 0 Å². The molecule has 176 valence electrons. The average molecular weight is 488 g/mol. The Hall–Kier alpha value is -4.17. The van der Waals surface area contributed by atoms with Gasteiger partial charge < -0.3 is 10.4 Å². The maximum atomic E-state index is 13.5. The average Bonchev–Trinajstić information content (AvgIpc) is 3.41. The first-order valence-corrected chi connectivity index (χ1v) is 11.4. The Morgan fingerprint density at radius 2 is 1.91 bits per heavy atom. The van der Waals surface area contributed by atoms with Gasteiger partial charge in [0.25, 0.3) is 5.91 Å². The van der Waals surface area contributed by atoms with Crippen molar-refractivity contribution in [3.05, 3.63) is 94.3 Å². The molecule has 9 heteroatoms. The lowest BCUT2D eigenvalue weighted by atomic mass is 10.0. The monoisotopic (exact) mass is 487 g/mol. The lowest BCUT2D eigenvalue weighted by Gasteiger charge is -2.16. The van der Waals surface area contributed by atoms with E-state index in [1.165, 1.54) is 12.1 Å². The fraction of sp³-hybridized carbons (Fsp3) is 0.154.